The molecule has 2 aromatic rings. The molecule has 1 fully saturated rings. The fourth-order valence-electron chi connectivity index (χ4n) is 3.07. The van der Waals surface area contributed by atoms with Crippen LogP contribution in [0.1, 0.15) is 37.8 Å². The zero-order valence-corrected chi connectivity index (χ0v) is 13.5. The summed E-state index contributed by atoms with van der Waals surface area (Å²) in [7, 11) is 0. The van der Waals surface area contributed by atoms with Gasteiger partial charge in [-0.1, -0.05) is 12.1 Å². The van der Waals surface area contributed by atoms with Crippen LogP contribution in [0.3, 0.4) is 0 Å². The summed E-state index contributed by atoms with van der Waals surface area (Å²) in [4.78, 5) is 18.5. The molecule has 2 N–H and O–H groups in total. The van der Waals surface area contributed by atoms with Crippen molar-refractivity contribution in [1.29, 1.82) is 0 Å². The van der Waals surface area contributed by atoms with Crippen molar-refractivity contribution in [3.05, 3.63) is 29.3 Å². The Hall–Kier alpha value is -1.50. The highest BCUT2D eigenvalue weighted by atomic mass is 32.1. The molecular weight excluding hydrogens is 300 g/mol. The van der Waals surface area contributed by atoms with Crippen molar-refractivity contribution in [2.75, 3.05) is 0 Å². The molecule has 6 heteroatoms. The maximum absolute atomic E-state index is 12.5. The van der Waals surface area contributed by atoms with E-state index >= 15 is 0 Å². The first-order chi connectivity index (χ1) is 10.5. The van der Waals surface area contributed by atoms with Gasteiger partial charge in [-0.2, -0.15) is 0 Å². The van der Waals surface area contributed by atoms with Gasteiger partial charge in [0, 0.05) is 12.1 Å². The molecule has 118 valence electrons. The Labute approximate surface area is 133 Å². The van der Waals surface area contributed by atoms with Crippen LogP contribution in [0, 0.1) is 0 Å². The largest absolute Gasteiger partial charge is 0.383 e. The number of aliphatic hydroxyl groups is 2. The second-order valence-electron chi connectivity index (χ2n) is 5.93. The summed E-state index contributed by atoms with van der Waals surface area (Å²) in [5.41, 5.74) is 0.768. The molecule has 0 spiro atoms. The molecule has 1 saturated heterocycles. The number of fused-ring (bicyclic) bond motifs is 1. The number of benzene rings is 1. The highest BCUT2D eigenvalue weighted by Crippen LogP contribution is 2.30. The average Bonchev–Trinajstić information content (AvgIpc) is 3.08. The van der Waals surface area contributed by atoms with Crippen molar-refractivity contribution >= 4 is 27.5 Å². The van der Waals surface area contributed by atoms with Gasteiger partial charge in [-0.05, 0) is 38.8 Å². The van der Waals surface area contributed by atoms with E-state index in [1.54, 1.807) is 4.90 Å². The third-order valence-electron chi connectivity index (χ3n) is 4.32. The Balaban J connectivity index is 1.81. The number of rotatable bonds is 3. The van der Waals surface area contributed by atoms with Gasteiger partial charge < -0.3 is 15.1 Å². The van der Waals surface area contributed by atoms with Crippen molar-refractivity contribution in [1.82, 2.24) is 9.88 Å². The van der Waals surface area contributed by atoms with Gasteiger partial charge in [-0.25, -0.2) is 4.98 Å². The molecule has 0 radical (unpaired) electrons. The highest BCUT2D eigenvalue weighted by molar-refractivity contribution is 7.18. The smallest absolute Gasteiger partial charge is 0.255 e. The number of amides is 1. The molecule has 0 aliphatic carbocycles. The average molecular weight is 320 g/mol. The van der Waals surface area contributed by atoms with Gasteiger partial charge >= 0.3 is 0 Å². The van der Waals surface area contributed by atoms with Gasteiger partial charge in [0.05, 0.1) is 10.2 Å². The van der Waals surface area contributed by atoms with Crippen LogP contribution in [0.4, 0.5) is 0 Å². The lowest BCUT2D eigenvalue weighted by Gasteiger charge is -2.29. The van der Waals surface area contributed by atoms with Gasteiger partial charge in [-0.3, -0.25) is 4.79 Å². The van der Waals surface area contributed by atoms with Crippen molar-refractivity contribution in [2.45, 2.75) is 51.0 Å². The monoisotopic (exact) mass is 320 g/mol. The van der Waals surface area contributed by atoms with Gasteiger partial charge in [0.2, 0.25) is 0 Å². The molecule has 1 aliphatic rings. The number of carbonyl (C=O) groups is 1. The third-order valence-corrected chi connectivity index (χ3v) is 5.43. The summed E-state index contributed by atoms with van der Waals surface area (Å²) in [6.45, 7) is 3.94. The minimum atomic E-state index is -1.47. The van der Waals surface area contributed by atoms with Gasteiger partial charge in [0.25, 0.3) is 5.91 Å². The van der Waals surface area contributed by atoms with Crippen LogP contribution in [0.5, 0.6) is 0 Å². The maximum atomic E-state index is 12.5. The van der Waals surface area contributed by atoms with Crippen molar-refractivity contribution in [3.8, 4) is 0 Å². The molecule has 0 unspecified atom stereocenters. The topological polar surface area (TPSA) is 73.7 Å². The number of thiazole rings is 1. The molecule has 1 aliphatic heterocycles. The minimum absolute atomic E-state index is 0.0970. The standard InChI is InChI=1S/C16H20N2O3S/c1-9-7-8-10(2)18(9)16(21)14(20)13(19)15-17-11-5-3-4-6-12(11)22-15/h3-6,9-10,13-14,19-20H,7-8H2,1-2H3/t9-,10+,13-,14+/m0/s1. The summed E-state index contributed by atoms with van der Waals surface area (Å²) in [5.74, 6) is -0.413. The van der Waals surface area contributed by atoms with E-state index in [1.165, 1.54) is 11.3 Å². The van der Waals surface area contributed by atoms with Crippen LogP contribution < -0.4 is 0 Å². The number of nitrogens with zero attached hydrogens (tertiary/aromatic N) is 2. The van der Waals surface area contributed by atoms with E-state index in [0.29, 0.717) is 5.01 Å². The molecule has 22 heavy (non-hydrogen) atoms. The summed E-state index contributed by atoms with van der Waals surface area (Å²) >= 11 is 1.30. The second-order valence-corrected chi connectivity index (χ2v) is 6.99. The second kappa shape index (κ2) is 5.95. The number of hydrogen-bond acceptors (Lipinski definition) is 5. The van der Waals surface area contributed by atoms with Gasteiger partial charge in [-0.15, -0.1) is 11.3 Å². The SMILES string of the molecule is C[C@@H]1CC[C@H](C)N1C(=O)[C@H](O)[C@H](O)c1nc2ccccc2s1. The lowest BCUT2D eigenvalue weighted by molar-refractivity contribution is -0.148. The first-order valence-corrected chi connectivity index (χ1v) is 8.34. The summed E-state index contributed by atoms with van der Waals surface area (Å²) in [6, 6.07) is 7.71. The normalized spacial score (nSPS) is 24.6. The van der Waals surface area contributed by atoms with E-state index in [9.17, 15) is 15.0 Å². The number of para-hydroxylation sites is 1. The van der Waals surface area contributed by atoms with E-state index in [0.717, 1.165) is 23.1 Å². The summed E-state index contributed by atoms with van der Waals surface area (Å²) in [6.07, 6.45) is -0.901. The fourth-order valence-corrected chi connectivity index (χ4v) is 4.05. The van der Waals surface area contributed by atoms with E-state index in [1.807, 2.05) is 38.1 Å². The van der Waals surface area contributed by atoms with E-state index in [4.69, 9.17) is 0 Å². The predicted octanol–water partition coefficient (Wildman–Crippen LogP) is 2.09. The first-order valence-electron chi connectivity index (χ1n) is 7.53. The number of hydrogen-bond donors (Lipinski definition) is 2. The molecule has 0 saturated carbocycles. The first kappa shape index (κ1) is 15.4. The molecule has 1 amide bonds. The van der Waals surface area contributed by atoms with Gasteiger partial charge in [0.15, 0.2) is 6.10 Å². The highest BCUT2D eigenvalue weighted by Gasteiger charge is 2.38. The number of likely N-dealkylation sites (tertiary alicyclic amines) is 1. The molecule has 1 aromatic heterocycles. The van der Waals surface area contributed by atoms with Crippen molar-refractivity contribution in [2.24, 2.45) is 0 Å². The van der Waals surface area contributed by atoms with Crippen LogP contribution in [0.25, 0.3) is 10.2 Å². The van der Waals surface area contributed by atoms with E-state index in [-0.39, 0.29) is 12.1 Å². The van der Waals surface area contributed by atoms with Crippen molar-refractivity contribution < 1.29 is 15.0 Å². The summed E-state index contributed by atoms with van der Waals surface area (Å²) < 4.78 is 0.930. The zero-order valence-electron chi connectivity index (χ0n) is 12.6. The maximum Gasteiger partial charge on any atom is 0.255 e. The van der Waals surface area contributed by atoms with Gasteiger partial charge in [0.1, 0.15) is 11.1 Å². The molecule has 4 atom stereocenters. The molecular formula is C16H20N2O3S. The molecule has 1 aromatic carbocycles. The molecule has 0 bridgehead atoms. The van der Waals surface area contributed by atoms with Crippen LogP contribution in [0.2, 0.25) is 0 Å². The molecule has 2 heterocycles. The number of carbonyl (C=O) groups excluding carboxylic acids is 1. The lowest BCUT2D eigenvalue weighted by atomic mass is 10.1. The van der Waals surface area contributed by atoms with E-state index in [2.05, 4.69) is 4.98 Å². The predicted molar refractivity (Wildman–Crippen MR) is 85.6 cm³/mol. The quantitative estimate of drug-likeness (QED) is 0.908. The van der Waals surface area contributed by atoms with Crippen LogP contribution in [-0.2, 0) is 4.79 Å². The third kappa shape index (κ3) is 2.62. The number of aliphatic hydroxyl groups excluding tert-OH is 2. The Bertz CT molecular complexity index is 644. The van der Waals surface area contributed by atoms with Crippen molar-refractivity contribution in [3.63, 3.8) is 0 Å². The zero-order chi connectivity index (χ0) is 15.9. The van der Waals surface area contributed by atoms with Crippen LogP contribution in [-0.4, -0.2) is 44.2 Å². The van der Waals surface area contributed by atoms with E-state index < -0.39 is 18.1 Å². The Kier molecular flexibility index (Phi) is 4.16. The molecule has 3 rings (SSSR count). The minimum Gasteiger partial charge on any atom is -0.383 e. The van der Waals surface area contributed by atoms with Crippen LogP contribution in [0.15, 0.2) is 24.3 Å². The Morgan fingerprint density at radius 2 is 1.91 bits per heavy atom. The summed E-state index contributed by atoms with van der Waals surface area (Å²) in [5, 5.41) is 21.0. The fraction of sp³-hybridized carbons (Fsp3) is 0.500. The Morgan fingerprint density at radius 1 is 1.27 bits per heavy atom. The number of aromatic nitrogens is 1. The molecule has 5 nitrogen and oxygen atoms in total. The van der Waals surface area contributed by atoms with Crippen LogP contribution >= 0.6 is 11.3 Å². The lowest BCUT2D eigenvalue weighted by Crippen LogP contribution is -2.46. The Morgan fingerprint density at radius 3 is 2.55 bits per heavy atom.